The van der Waals surface area contributed by atoms with E-state index in [0.717, 1.165) is 29.0 Å². The Morgan fingerprint density at radius 3 is 2.46 bits per heavy atom. The van der Waals surface area contributed by atoms with Crippen LogP contribution < -0.4 is 9.64 Å². The minimum absolute atomic E-state index is 0.155. The zero-order valence-electron chi connectivity index (χ0n) is 34.8. The number of nitrogens with one attached hydrogen (secondary N) is 1. The van der Waals surface area contributed by atoms with Crippen LogP contribution in [0.5, 0.6) is 5.75 Å². The van der Waals surface area contributed by atoms with Crippen LogP contribution in [0.15, 0.2) is 48.6 Å². The molecule has 316 valence electrons. The van der Waals surface area contributed by atoms with Crippen molar-refractivity contribution in [3.05, 3.63) is 70.9 Å². The van der Waals surface area contributed by atoms with E-state index in [1.54, 1.807) is 0 Å². The summed E-state index contributed by atoms with van der Waals surface area (Å²) in [7, 11) is 5.94. The van der Waals surface area contributed by atoms with Gasteiger partial charge in [0.2, 0.25) is 11.5 Å². The average molecular weight is 817 g/mol. The number of para-hydroxylation sites is 1. The molecule has 6 aliphatic rings. The van der Waals surface area contributed by atoms with Gasteiger partial charge in [-0.15, -0.1) is 0 Å². The number of likely N-dealkylation sites (N-methyl/N-ethyl adjacent to an activating group) is 1. The Bertz CT molecular complexity index is 2270. The first-order valence-electron chi connectivity index (χ1n) is 20.7. The zero-order chi connectivity index (χ0) is 42.0. The van der Waals surface area contributed by atoms with E-state index >= 15 is 13.6 Å². The molecule has 2 N–H and O–H groups in total. The molecule has 59 heavy (non-hydrogen) atoms. The van der Waals surface area contributed by atoms with Gasteiger partial charge in [-0.25, -0.2) is 13.6 Å². The molecular formula is C45H54F2N4O8. The maximum Gasteiger partial charge on any atom is 0.344 e. The lowest BCUT2D eigenvalue weighted by molar-refractivity contribution is -0.228. The Labute approximate surface area is 342 Å². The van der Waals surface area contributed by atoms with Crippen LogP contribution >= 0.6 is 0 Å². The molecule has 5 aliphatic heterocycles. The highest BCUT2D eigenvalue weighted by Gasteiger charge is 2.80. The molecule has 2 saturated heterocycles. The van der Waals surface area contributed by atoms with Crippen LogP contribution in [0.4, 0.5) is 14.5 Å². The van der Waals surface area contributed by atoms with Crippen LogP contribution in [0.3, 0.4) is 0 Å². The Morgan fingerprint density at radius 1 is 1.03 bits per heavy atom. The highest BCUT2D eigenvalue weighted by atomic mass is 19.3. The van der Waals surface area contributed by atoms with E-state index in [2.05, 4.69) is 14.8 Å². The Kier molecular flexibility index (Phi) is 9.12. The van der Waals surface area contributed by atoms with Gasteiger partial charge in [0, 0.05) is 96.9 Å². The Morgan fingerprint density at radius 2 is 1.78 bits per heavy atom. The van der Waals surface area contributed by atoms with Gasteiger partial charge >= 0.3 is 17.9 Å². The summed E-state index contributed by atoms with van der Waals surface area (Å²) in [6.07, 6.45) is 4.04. The van der Waals surface area contributed by atoms with Gasteiger partial charge in [0.05, 0.1) is 27.4 Å². The van der Waals surface area contributed by atoms with Crippen LogP contribution in [-0.2, 0) is 46.0 Å². The van der Waals surface area contributed by atoms with Crippen LogP contribution in [-0.4, -0.2) is 122 Å². The molecule has 9 rings (SSSR count). The fourth-order valence-corrected chi connectivity index (χ4v) is 13.2. The van der Waals surface area contributed by atoms with Crippen molar-refractivity contribution in [1.29, 1.82) is 0 Å². The second-order valence-electron chi connectivity index (χ2n) is 18.0. The minimum Gasteiger partial charge on any atom is -0.496 e. The highest BCUT2D eigenvalue weighted by molar-refractivity contribution is 5.95. The van der Waals surface area contributed by atoms with E-state index < -0.39 is 63.7 Å². The summed E-state index contributed by atoms with van der Waals surface area (Å²) in [5.41, 5.74) is -1.64. The topological polar surface area (TPSA) is 134 Å². The molecule has 10 atom stereocenters. The molecule has 1 spiro atoms. The number of anilines is 1. The van der Waals surface area contributed by atoms with E-state index in [-0.39, 0.29) is 31.3 Å². The number of carbonyl (C=O) groups is 3. The summed E-state index contributed by atoms with van der Waals surface area (Å²) in [5, 5.41) is 14.2. The number of H-pyrrole nitrogens is 1. The smallest absolute Gasteiger partial charge is 0.344 e. The van der Waals surface area contributed by atoms with Crippen LogP contribution in [0.2, 0.25) is 0 Å². The molecule has 2 bridgehead atoms. The lowest BCUT2D eigenvalue weighted by atomic mass is 9.47. The number of carbonyl (C=O) groups excluding carboxylic acids is 3. The van der Waals surface area contributed by atoms with E-state index in [4.69, 9.17) is 18.9 Å². The number of hydrogen-bond acceptors (Lipinski definition) is 11. The van der Waals surface area contributed by atoms with Crippen molar-refractivity contribution >= 4 is 34.5 Å². The quantitative estimate of drug-likeness (QED) is 0.188. The molecule has 1 aromatic heterocycles. The summed E-state index contributed by atoms with van der Waals surface area (Å²) in [5.74, 6) is -5.92. The average Bonchev–Trinajstić information content (AvgIpc) is 3.86. The van der Waals surface area contributed by atoms with Gasteiger partial charge in [-0.3, -0.25) is 19.4 Å². The summed E-state index contributed by atoms with van der Waals surface area (Å²) in [4.78, 5) is 52.5. The first kappa shape index (κ1) is 39.9. The monoisotopic (exact) mass is 816 g/mol. The molecule has 1 saturated carbocycles. The van der Waals surface area contributed by atoms with Crippen LogP contribution in [0, 0.1) is 17.3 Å². The van der Waals surface area contributed by atoms with Crippen molar-refractivity contribution < 1.29 is 47.2 Å². The third-order valence-corrected chi connectivity index (χ3v) is 15.3. The third kappa shape index (κ3) is 5.17. The lowest BCUT2D eigenvalue weighted by Gasteiger charge is -2.63. The number of piperidine rings is 1. The molecule has 1 aliphatic carbocycles. The number of benzene rings is 2. The Hall–Kier alpha value is -4.53. The number of aliphatic hydroxyl groups is 1. The van der Waals surface area contributed by atoms with Crippen molar-refractivity contribution in [1.82, 2.24) is 14.8 Å². The molecule has 2 aromatic carbocycles. The van der Waals surface area contributed by atoms with E-state index in [1.165, 1.54) is 28.3 Å². The first-order chi connectivity index (χ1) is 28.1. The third-order valence-electron chi connectivity index (χ3n) is 15.3. The van der Waals surface area contributed by atoms with Crippen LogP contribution in [0.1, 0.15) is 68.8 Å². The predicted octanol–water partition coefficient (Wildman–Crippen LogP) is 5.08. The predicted molar refractivity (Wildman–Crippen MR) is 214 cm³/mol. The summed E-state index contributed by atoms with van der Waals surface area (Å²) in [6, 6.07) is 10.3. The number of hydrogen-bond donors (Lipinski definition) is 2. The lowest BCUT2D eigenvalue weighted by Crippen LogP contribution is -2.81. The SMILES string of the molecule is CC[C@]12C=CCN3CC[C@@]4(c5cc([C@@]6(C(=O)OC)CC7CC(C(C)(F)F)CN(Cc8c6[nH]c6ccccc86)C7)c(OC)cc5N(C)C4[C@@](O)(C(=O)OC)C1OC(C)=O)C32. The first-order valence-corrected chi connectivity index (χ1v) is 20.7. The largest absolute Gasteiger partial charge is 0.496 e. The second-order valence-corrected chi connectivity index (χ2v) is 18.0. The van der Waals surface area contributed by atoms with Gasteiger partial charge in [-0.05, 0) is 68.3 Å². The van der Waals surface area contributed by atoms with Gasteiger partial charge < -0.3 is 33.9 Å². The standard InChI is InChI=1S/C45H54F2N4O8/c1-8-42-14-11-16-51-17-15-43(36(42)51)30-19-31(34(56-5)20-33(30)49(4)37(43)45(55,40(54)58-7)38(42)59-25(2)52)44(39(53)57-6)21-26-18-27(41(3,46)47)23-50(22-26)24-29-28-12-9-10-13-32(28)48-35(29)44/h9-14,19-20,26-27,36-38,48,55H,8,15-18,21-24H2,1-7H3/t26?,27?,36?,37?,38?,42-,43-,44+,45+/m1/s1. The summed E-state index contributed by atoms with van der Waals surface area (Å²) in [6.45, 7) is 6.55. The van der Waals surface area contributed by atoms with E-state index in [9.17, 15) is 14.7 Å². The number of nitrogens with zero attached hydrogens (tertiary/aromatic N) is 3. The number of esters is 3. The maximum atomic E-state index is 15.3. The molecule has 0 amide bonds. The van der Waals surface area contributed by atoms with Crippen molar-refractivity contribution in [2.75, 3.05) is 59.5 Å². The molecule has 3 fully saturated rings. The Balaban J connectivity index is 1.35. The van der Waals surface area contributed by atoms with Crippen molar-refractivity contribution in [3.63, 3.8) is 0 Å². The number of methoxy groups -OCH3 is 3. The van der Waals surface area contributed by atoms with Gasteiger partial charge in [-0.1, -0.05) is 37.3 Å². The molecule has 6 unspecified atom stereocenters. The molecule has 14 heteroatoms. The molecule has 12 nitrogen and oxygen atoms in total. The number of aromatic nitrogens is 1. The molecule has 0 radical (unpaired) electrons. The summed E-state index contributed by atoms with van der Waals surface area (Å²) < 4.78 is 54.3. The molecule has 6 heterocycles. The number of aromatic amines is 1. The fourth-order valence-electron chi connectivity index (χ4n) is 13.2. The summed E-state index contributed by atoms with van der Waals surface area (Å²) >= 11 is 0. The normalized spacial score (nSPS) is 35.8. The number of fused-ring (bicyclic) bond motifs is 6. The number of rotatable bonds is 7. The molecule has 3 aromatic rings. The van der Waals surface area contributed by atoms with Crippen LogP contribution in [0.25, 0.3) is 10.9 Å². The maximum absolute atomic E-state index is 15.3. The van der Waals surface area contributed by atoms with Gasteiger partial charge in [0.15, 0.2) is 6.10 Å². The number of ether oxygens (including phenoxy) is 4. The fraction of sp³-hybridized carbons (Fsp3) is 0.578. The minimum atomic E-state index is -2.94. The van der Waals surface area contributed by atoms with E-state index in [0.29, 0.717) is 61.7 Å². The van der Waals surface area contributed by atoms with Gasteiger partial charge in [0.25, 0.3) is 0 Å². The van der Waals surface area contributed by atoms with Crippen molar-refractivity contribution in [2.45, 2.75) is 93.5 Å². The van der Waals surface area contributed by atoms with Gasteiger partial charge in [-0.2, -0.15) is 0 Å². The molecular weight excluding hydrogens is 763 g/mol. The number of alkyl halides is 2. The number of halogens is 2. The highest BCUT2D eigenvalue weighted by Crippen LogP contribution is 2.68. The zero-order valence-corrected chi connectivity index (χ0v) is 34.8. The van der Waals surface area contributed by atoms with Crippen molar-refractivity contribution in [3.8, 4) is 5.75 Å². The van der Waals surface area contributed by atoms with E-state index in [1.807, 2.05) is 67.4 Å². The second kappa shape index (κ2) is 13.5. The van der Waals surface area contributed by atoms with Crippen molar-refractivity contribution in [2.24, 2.45) is 17.3 Å². The van der Waals surface area contributed by atoms with Gasteiger partial charge in [0.1, 0.15) is 11.2 Å².